The number of benzene rings is 2. The van der Waals surface area contributed by atoms with Gasteiger partial charge in [0, 0.05) is 12.5 Å². The number of hydrogen-bond donors (Lipinski definition) is 5. The molecule has 1 aliphatic heterocycles. The van der Waals surface area contributed by atoms with E-state index < -0.39 is 48.3 Å². The molecule has 9 nitrogen and oxygen atoms in total. The summed E-state index contributed by atoms with van der Waals surface area (Å²) in [7, 11) is 0. The highest BCUT2D eigenvalue weighted by Gasteiger charge is 2.71. The number of alkyl carbamates (subject to hydrolysis) is 1. The third kappa shape index (κ3) is 4.74. The number of rotatable bonds is 8. The van der Waals surface area contributed by atoms with Crippen LogP contribution < -0.4 is 5.32 Å². The smallest absolute Gasteiger partial charge is 0.407 e. The maximum atomic E-state index is 11.8. The quantitative estimate of drug-likeness (QED) is 0.363. The lowest BCUT2D eigenvalue weighted by molar-refractivity contribution is -0.387. The summed E-state index contributed by atoms with van der Waals surface area (Å²) in [4.78, 5) is 11.8. The molecule has 2 aromatic carbocycles. The summed E-state index contributed by atoms with van der Waals surface area (Å²) >= 11 is 0. The van der Waals surface area contributed by atoms with Gasteiger partial charge in [-0.2, -0.15) is 0 Å². The van der Waals surface area contributed by atoms with Crippen LogP contribution in [0.4, 0.5) is 4.79 Å². The first-order valence-electron chi connectivity index (χ1n) is 11.0. The summed E-state index contributed by atoms with van der Waals surface area (Å²) in [5.41, 5.74) is -0.307. The van der Waals surface area contributed by atoms with E-state index in [4.69, 9.17) is 14.2 Å². The first-order chi connectivity index (χ1) is 15.9. The zero-order valence-corrected chi connectivity index (χ0v) is 18.0. The second-order valence-electron chi connectivity index (χ2n) is 8.34. The average Bonchev–Trinajstić information content (AvgIpc) is 2.84. The van der Waals surface area contributed by atoms with Gasteiger partial charge in [-0.05, 0) is 17.5 Å². The predicted molar refractivity (Wildman–Crippen MR) is 116 cm³/mol. The Morgan fingerprint density at radius 1 is 1.00 bits per heavy atom. The Morgan fingerprint density at radius 3 is 2.36 bits per heavy atom. The Hall–Kier alpha value is -2.53. The van der Waals surface area contributed by atoms with E-state index in [-0.39, 0.29) is 19.8 Å². The van der Waals surface area contributed by atoms with Crippen LogP contribution in [0.15, 0.2) is 60.7 Å². The first-order valence-corrected chi connectivity index (χ1v) is 11.0. The van der Waals surface area contributed by atoms with Crippen molar-refractivity contribution in [2.75, 3.05) is 13.2 Å². The molecule has 0 spiro atoms. The van der Waals surface area contributed by atoms with Crippen molar-refractivity contribution in [3.63, 3.8) is 0 Å². The Bertz CT molecular complexity index is 909. The number of amides is 1. The predicted octanol–water partition coefficient (Wildman–Crippen LogP) is 0.656. The molecule has 4 rings (SSSR count). The zero-order chi connectivity index (χ0) is 23.4. The molecular formula is C24H29NO8. The van der Waals surface area contributed by atoms with Crippen molar-refractivity contribution in [3.8, 4) is 0 Å². The van der Waals surface area contributed by atoms with Crippen LogP contribution in [0.3, 0.4) is 0 Å². The summed E-state index contributed by atoms with van der Waals surface area (Å²) in [5, 5.41) is 45.3. The minimum atomic E-state index is -1.83. The number of carbonyl (C=O) groups excluding carboxylic acids is 1. The maximum Gasteiger partial charge on any atom is 0.407 e. The molecule has 0 radical (unpaired) electrons. The molecular weight excluding hydrogens is 430 g/mol. The van der Waals surface area contributed by atoms with Gasteiger partial charge in [0.1, 0.15) is 30.5 Å². The maximum absolute atomic E-state index is 11.8. The first kappa shape index (κ1) is 23.6. The molecule has 0 aromatic heterocycles. The second kappa shape index (κ2) is 10.2. The normalized spacial score (nSPS) is 33.0. The minimum absolute atomic E-state index is 0.108. The van der Waals surface area contributed by atoms with Gasteiger partial charge >= 0.3 is 6.09 Å². The van der Waals surface area contributed by atoms with Gasteiger partial charge in [0.2, 0.25) is 0 Å². The van der Waals surface area contributed by atoms with Crippen LogP contribution in [0.5, 0.6) is 0 Å². The fourth-order valence-electron chi connectivity index (χ4n) is 4.47. The van der Waals surface area contributed by atoms with Crippen LogP contribution in [0.1, 0.15) is 23.5 Å². The topological polar surface area (TPSA) is 138 Å². The molecule has 2 fully saturated rings. The van der Waals surface area contributed by atoms with Crippen molar-refractivity contribution >= 4 is 6.09 Å². The molecule has 2 aliphatic rings. The van der Waals surface area contributed by atoms with Crippen molar-refractivity contribution in [1.82, 2.24) is 5.32 Å². The van der Waals surface area contributed by atoms with Gasteiger partial charge in [0.15, 0.2) is 6.29 Å². The van der Waals surface area contributed by atoms with Gasteiger partial charge in [0.05, 0.1) is 12.7 Å². The van der Waals surface area contributed by atoms with Crippen molar-refractivity contribution in [1.29, 1.82) is 0 Å². The largest absolute Gasteiger partial charge is 0.445 e. The standard InChI is InChI=1S/C24H29NO8/c26-18-17(16-10-5-2-6-11-16)24(30)20(28)19(27)22(33-21(18)24)31-13-7-12-25-23(29)32-14-15-8-3-1-4-9-15/h1-6,8-11,17-22,26-28,30H,7,12-14H2,(H,25,29)/t17?,18?,19-,20-,21-,22-,24-/m1/s1. The van der Waals surface area contributed by atoms with Crippen LogP contribution in [0, 0.1) is 0 Å². The van der Waals surface area contributed by atoms with E-state index in [2.05, 4.69) is 5.32 Å². The second-order valence-corrected chi connectivity index (χ2v) is 8.34. The van der Waals surface area contributed by atoms with Gasteiger partial charge in [-0.25, -0.2) is 4.79 Å². The van der Waals surface area contributed by atoms with E-state index in [0.29, 0.717) is 12.0 Å². The number of carbonyl (C=O) groups is 1. The number of ether oxygens (including phenoxy) is 3. The molecule has 33 heavy (non-hydrogen) atoms. The van der Waals surface area contributed by atoms with Crippen LogP contribution in [-0.2, 0) is 20.8 Å². The highest BCUT2D eigenvalue weighted by Crippen LogP contribution is 2.53. The molecule has 1 aliphatic carbocycles. The average molecular weight is 459 g/mol. The molecule has 2 aromatic rings. The fraction of sp³-hybridized carbons (Fsp3) is 0.458. The van der Waals surface area contributed by atoms with E-state index >= 15 is 0 Å². The summed E-state index contributed by atoms with van der Waals surface area (Å²) in [6.07, 6.45) is -6.62. The third-order valence-corrected chi connectivity index (χ3v) is 6.21. The van der Waals surface area contributed by atoms with Crippen LogP contribution in [0.25, 0.3) is 0 Å². The molecule has 2 unspecified atom stereocenters. The Balaban J connectivity index is 1.21. The Labute approximate surface area is 191 Å². The lowest BCUT2D eigenvalue weighted by Crippen LogP contribution is -2.80. The summed E-state index contributed by atoms with van der Waals surface area (Å²) in [5.74, 6) is -0.791. The van der Waals surface area contributed by atoms with Crippen molar-refractivity contribution in [2.45, 2.75) is 55.3 Å². The fourth-order valence-corrected chi connectivity index (χ4v) is 4.47. The molecule has 1 saturated heterocycles. The van der Waals surface area contributed by atoms with Crippen molar-refractivity contribution < 1.29 is 39.4 Å². The van der Waals surface area contributed by atoms with Gasteiger partial charge in [-0.15, -0.1) is 0 Å². The molecule has 1 saturated carbocycles. The highest BCUT2D eigenvalue weighted by molar-refractivity contribution is 5.67. The number of fused-ring (bicyclic) bond motifs is 1. The van der Waals surface area contributed by atoms with E-state index in [1.807, 2.05) is 30.3 Å². The van der Waals surface area contributed by atoms with Crippen molar-refractivity contribution in [3.05, 3.63) is 71.8 Å². The lowest BCUT2D eigenvalue weighted by Gasteiger charge is -2.61. The van der Waals surface area contributed by atoms with Gasteiger partial charge in [0.25, 0.3) is 0 Å². The molecule has 9 heteroatoms. The molecule has 1 heterocycles. The molecule has 178 valence electrons. The van der Waals surface area contributed by atoms with Crippen LogP contribution in [-0.4, -0.2) is 76.0 Å². The minimum Gasteiger partial charge on any atom is -0.445 e. The highest BCUT2D eigenvalue weighted by atomic mass is 16.7. The van der Waals surface area contributed by atoms with E-state index in [0.717, 1.165) is 5.56 Å². The molecule has 5 N–H and O–H groups in total. The number of nitrogens with one attached hydrogen (secondary N) is 1. The van der Waals surface area contributed by atoms with E-state index in [1.54, 1.807) is 30.3 Å². The van der Waals surface area contributed by atoms with Gasteiger partial charge in [-0.1, -0.05) is 60.7 Å². The molecule has 1 amide bonds. The van der Waals surface area contributed by atoms with E-state index in [1.165, 1.54) is 0 Å². The summed E-state index contributed by atoms with van der Waals surface area (Å²) in [6.45, 7) is 0.543. The van der Waals surface area contributed by atoms with Crippen molar-refractivity contribution in [2.24, 2.45) is 0 Å². The lowest BCUT2D eigenvalue weighted by atomic mass is 9.57. The summed E-state index contributed by atoms with van der Waals surface area (Å²) in [6, 6.07) is 18.1. The number of aliphatic hydroxyl groups excluding tert-OH is 3. The SMILES string of the molecule is O=C(NCCCO[C@@H]1O[C@@H]2C(O)C(c3ccccc3)[C@@]2(O)[C@H](O)[C@H]1O)OCc1ccccc1. The van der Waals surface area contributed by atoms with Crippen LogP contribution >= 0.6 is 0 Å². The van der Waals surface area contributed by atoms with E-state index in [9.17, 15) is 25.2 Å². The molecule has 0 bridgehead atoms. The monoisotopic (exact) mass is 459 g/mol. The number of hydrogen-bond acceptors (Lipinski definition) is 8. The van der Waals surface area contributed by atoms with Gasteiger partial charge < -0.3 is 40.0 Å². The zero-order valence-electron chi connectivity index (χ0n) is 18.0. The third-order valence-electron chi connectivity index (χ3n) is 6.21. The number of aliphatic hydroxyl groups is 4. The molecule has 7 atom stereocenters. The Morgan fingerprint density at radius 2 is 1.67 bits per heavy atom. The van der Waals surface area contributed by atoms with Crippen LogP contribution in [0.2, 0.25) is 0 Å². The van der Waals surface area contributed by atoms with Gasteiger partial charge in [-0.3, -0.25) is 0 Å². The Kier molecular flexibility index (Phi) is 7.28. The summed E-state index contributed by atoms with van der Waals surface area (Å²) < 4.78 is 16.2.